The van der Waals surface area contributed by atoms with Gasteiger partial charge in [0.15, 0.2) is 0 Å². The first-order chi connectivity index (χ1) is 12.5. The number of aromatic nitrogens is 2. The lowest BCUT2D eigenvalue weighted by Gasteiger charge is -2.06. The van der Waals surface area contributed by atoms with Gasteiger partial charge in [-0.1, -0.05) is 42.5 Å². The third-order valence-corrected chi connectivity index (χ3v) is 4.02. The van der Waals surface area contributed by atoms with Crippen molar-refractivity contribution in [3.63, 3.8) is 0 Å². The summed E-state index contributed by atoms with van der Waals surface area (Å²) >= 11 is 0. The quantitative estimate of drug-likeness (QED) is 0.546. The topological polar surface area (TPSA) is 90.1 Å². The Balaban J connectivity index is 1.58. The van der Waals surface area contributed by atoms with E-state index in [4.69, 9.17) is 0 Å². The van der Waals surface area contributed by atoms with Gasteiger partial charge in [0.1, 0.15) is 0 Å². The molecule has 0 unspecified atom stereocenters. The van der Waals surface area contributed by atoms with Crippen molar-refractivity contribution in [1.29, 1.82) is 0 Å². The van der Waals surface area contributed by atoms with Gasteiger partial charge in [0.2, 0.25) is 0 Å². The summed E-state index contributed by atoms with van der Waals surface area (Å²) in [6.07, 6.45) is 0. The van der Waals surface area contributed by atoms with Gasteiger partial charge in [-0.3, -0.25) is 4.79 Å². The number of nitrogens with one attached hydrogen (secondary N) is 1. The molecule has 0 aliphatic carbocycles. The van der Waals surface area contributed by atoms with Crippen LogP contribution in [0.4, 0.5) is 5.82 Å². The second kappa shape index (κ2) is 7.60. The monoisotopic (exact) mass is 350 g/mol. The number of nitro groups is 1. The third kappa shape index (κ3) is 3.94. The fourth-order valence-corrected chi connectivity index (χ4v) is 2.63. The molecule has 0 saturated carbocycles. The van der Waals surface area contributed by atoms with E-state index in [0.29, 0.717) is 24.3 Å². The summed E-state index contributed by atoms with van der Waals surface area (Å²) in [7, 11) is 0. The van der Waals surface area contributed by atoms with Gasteiger partial charge in [-0.2, -0.15) is 4.68 Å². The van der Waals surface area contributed by atoms with Crippen LogP contribution in [0.2, 0.25) is 0 Å². The summed E-state index contributed by atoms with van der Waals surface area (Å²) in [5.41, 5.74) is 3.38. The average Bonchev–Trinajstić information content (AvgIpc) is 3.04. The molecule has 1 aromatic heterocycles. The van der Waals surface area contributed by atoms with Crippen LogP contribution in [0.25, 0.3) is 11.1 Å². The fourth-order valence-electron chi connectivity index (χ4n) is 2.63. The Hall–Kier alpha value is -3.48. The number of rotatable bonds is 6. The molecule has 2 aromatic carbocycles. The highest BCUT2D eigenvalue weighted by Crippen LogP contribution is 2.19. The van der Waals surface area contributed by atoms with E-state index in [1.165, 1.54) is 10.7 Å². The van der Waals surface area contributed by atoms with Gasteiger partial charge in [0.05, 0.1) is 23.4 Å². The number of hydrogen-bond donors (Lipinski definition) is 1. The van der Waals surface area contributed by atoms with E-state index in [-0.39, 0.29) is 11.7 Å². The molecular weight excluding hydrogens is 332 g/mol. The molecule has 7 nitrogen and oxygen atoms in total. The molecule has 0 atom stereocenters. The van der Waals surface area contributed by atoms with E-state index in [9.17, 15) is 14.9 Å². The number of carbonyl (C=O) groups is 1. The molecule has 0 fully saturated rings. The van der Waals surface area contributed by atoms with Crippen LogP contribution in [-0.2, 0) is 6.54 Å². The smallest absolute Gasteiger partial charge is 0.358 e. The van der Waals surface area contributed by atoms with Crippen LogP contribution in [0.15, 0.2) is 60.7 Å². The molecule has 0 saturated heterocycles. The molecule has 0 aliphatic heterocycles. The normalized spacial score (nSPS) is 10.5. The molecule has 3 rings (SSSR count). The lowest BCUT2D eigenvalue weighted by molar-refractivity contribution is -0.389. The van der Waals surface area contributed by atoms with Gasteiger partial charge >= 0.3 is 5.82 Å². The Morgan fingerprint density at radius 1 is 1.12 bits per heavy atom. The predicted molar refractivity (Wildman–Crippen MR) is 97.8 cm³/mol. The van der Waals surface area contributed by atoms with Crippen LogP contribution < -0.4 is 5.32 Å². The molecule has 1 amide bonds. The Kier molecular flexibility index (Phi) is 5.07. The molecule has 7 heteroatoms. The maximum absolute atomic E-state index is 12.2. The molecular formula is C19H18N4O3. The maximum atomic E-state index is 12.2. The zero-order chi connectivity index (χ0) is 18.5. The molecule has 1 N–H and O–H groups in total. The number of benzene rings is 2. The lowest BCUT2D eigenvalue weighted by Crippen LogP contribution is -2.27. The lowest BCUT2D eigenvalue weighted by atomic mass is 10.0. The Labute approximate surface area is 150 Å². The summed E-state index contributed by atoms with van der Waals surface area (Å²) < 4.78 is 1.51. The standard InChI is InChI=1S/C19H18N4O3/c1-14-13-18(23(25)26)21-22(14)12-11-20-19(24)17-9-7-16(8-10-17)15-5-3-2-4-6-15/h2-10,13H,11-12H2,1H3,(H,20,24). The molecule has 26 heavy (non-hydrogen) atoms. The molecule has 1 heterocycles. The van der Waals surface area contributed by atoms with Gasteiger partial charge in [0.25, 0.3) is 5.91 Å². The summed E-state index contributed by atoms with van der Waals surface area (Å²) in [4.78, 5) is 22.4. The highest BCUT2D eigenvalue weighted by atomic mass is 16.6. The van der Waals surface area contributed by atoms with Crippen molar-refractivity contribution in [2.45, 2.75) is 13.5 Å². The molecule has 0 radical (unpaired) electrons. The number of amides is 1. The number of carbonyl (C=O) groups excluding carboxylic acids is 1. The van der Waals surface area contributed by atoms with Crippen LogP contribution in [-0.4, -0.2) is 27.2 Å². The van der Waals surface area contributed by atoms with E-state index in [1.807, 2.05) is 42.5 Å². The van der Waals surface area contributed by atoms with E-state index in [2.05, 4.69) is 10.4 Å². The third-order valence-electron chi connectivity index (χ3n) is 4.02. The van der Waals surface area contributed by atoms with Crippen LogP contribution in [0.5, 0.6) is 0 Å². The second-order valence-electron chi connectivity index (χ2n) is 5.82. The van der Waals surface area contributed by atoms with Crippen molar-refractivity contribution in [1.82, 2.24) is 15.1 Å². The SMILES string of the molecule is Cc1cc([N+](=O)[O-])nn1CCNC(=O)c1ccc(-c2ccccc2)cc1. The van der Waals surface area contributed by atoms with E-state index < -0.39 is 4.92 Å². The Morgan fingerprint density at radius 2 is 1.77 bits per heavy atom. The zero-order valence-corrected chi connectivity index (χ0v) is 14.3. The molecule has 0 bridgehead atoms. The summed E-state index contributed by atoms with van der Waals surface area (Å²) in [5.74, 6) is -0.380. The van der Waals surface area contributed by atoms with E-state index in [0.717, 1.165) is 11.1 Å². The first-order valence-corrected chi connectivity index (χ1v) is 8.17. The van der Waals surface area contributed by atoms with E-state index >= 15 is 0 Å². The molecule has 132 valence electrons. The highest BCUT2D eigenvalue weighted by molar-refractivity contribution is 5.94. The van der Waals surface area contributed by atoms with Crippen molar-refractivity contribution < 1.29 is 9.72 Å². The molecule has 3 aromatic rings. The zero-order valence-electron chi connectivity index (χ0n) is 14.3. The second-order valence-corrected chi connectivity index (χ2v) is 5.82. The Morgan fingerprint density at radius 3 is 2.38 bits per heavy atom. The minimum atomic E-state index is -0.531. The van der Waals surface area contributed by atoms with Crippen LogP contribution in [0.1, 0.15) is 16.1 Å². The van der Waals surface area contributed by atoms with Crippen LogP contribution in [0, 0.1) is 17.0 Å². The number of hydrogen-bond acceptors (Lipinski definition) is 4. The molecule has 0 aliphatic rings. The van der Waals surface area contributed by atoms with Crippen LogP contribution >= 0.6 is 0 Å². The first-order valence-electron chi connectivity index (χ1n) is 8.17. The summed E-state index contributed by atoms with van der Waals surface area (Å²) in [6.45, 7) is 2.44. The number of nitrogens with zero attached hydrogens (tertiary/aromatic N) is 3. The van der Waals surface area contributed by atoms with Crippen molar-refractivity contribution in [3.05, 3.63) is 82.0 Å². The van der Waals surface area contributed by atoms with Gasteiger partial charge in [-0.05, 0) is 35.1 Å². The predicted octanol–water partition coefficient (Wildman–Crippen LogP) is 3.20. The maximum Gasteiger partial charge on any atom is 0.390 e. The summed E-state index contributed by atoms with van der Waals surface area (Å²) in [6, 6.07) is 18.7. The largest absolute Gasteiger partial charge is 0.390 e. The van der Waals surface area contributed by atoms with Crippen molar-refractivity contribution in [3.8, 4) is 11.1 Å². The van der Waals surface area contributed by atoms with Gasteiger partial charge in [-0.15, -0.1) is 0 Å². The van der Waals surface area contributed by atoms with Crippen molar-refractivity contribution in [2.24, 2.45) is 0 Å². The van der Waals surface area contributed by atoms with Gasteiger partial charge in [-0.25, -0.2) is 0 Å². The fraction of sp³-hybridized carbons (Fsp3) is 0.158. The van der Waals surface area contributed by atoms with Crippen molar-refractivity contribution in [2.75, 3.05) is 6.54 Å². The summed E-state index contributed by atoms with van der Waals surface area (Å²) in [5, 5.41) is 17.4. The van der Waals surface area contributed by atoms with Gasteiger partial charge < -0.3 is 15.4 Å². The first kappa shape index (κ1) is 17.3. The average molecular weight is 350 g/mol. The Bertz CT molecular complexity index is 918. The highest BCUT2D eigenvalue weighted by Gasteiger charge is 2.15. The minimum absolute atomic E-state index is 0.190. The van der Waals surface area contributed by atoms with Gasteiger partial charge in [0, 0.05) is 12.1 Å². The van der Waals surface area contributed by atoms with Crippen molar-refractivity contribution >= 4 is 11.7 Å². The number of aryl methyl sites for hydroxylation is 1. The molecule has 0 spiro atoms. The van der Waals surface area contributed by atoms with E-state index in [1.54, 1.807) is 19.1 Å². The minimum Gasteiger partial charge on any atom is -0.358 e. The van der Waals surface area contributed by atoms with Crippen LogP contribution in [0.3, 0.4) is 0 Å².